The second-order valence-corrected chi connectivity index (χ2v) is 11.0. The number of carbonyl (C=O) groups excluding carboxylic acids is 3. The van der Waals surface area contributed by atoms with E-state index in [0.29, 0.717) is 37.8 Å². The number of nitrogens with zero attached hydrogens (tertiary/aromatic N) is 4. The number of esters is 1. The topological polar surface area (TPSA) is 184 Å². The molecule has 250 valence electrons. The molecule has 1 aliphatic heterocycles. The lowest BCUT2D eigenvalue weighted by atomic mass is 10.1. The quantitative estimate of drug-likeness (QED) is 0.0950. The van der Waals surface area contributed by atoms with E-state index >= 15 is 0 Å². The Labute approximate surface area is 268 Å². The smallest absolute Gasteiger partial charge is 0.320 e. The van der Waals surface area contributed by atoms with Gasteiger partial charge in [0.05, 0.1) is 26.7 Å². The van der Waals surface area contributed by atoms with Crippen molar-refractivity contribution in [2.45, 2.75) is 25.4 Å². The maximum atomic E-state index is 12.7. The Morgan fingerprint density at radius 3 is 2.07 bits per heavy atom. The summed E-state index contributed by atoms with van der Waals surface area (Å²) in [5.74, 6) is -2.83. The number of nitrogens with one attached hydrogen (secondary N) is 3. The average Bonchev–Trinajstić information content (AvgIpc) is 3.00. The highest BCUT2D eigenvalue weighted by molar-refractivity contribution is 7.80. The SMILES string of the molecule is CNC(=S)Nc1ccc(CNC(=O)CCC(C(=O)O)N2CCN(CC=O)CCN(CC(=O)OC)CCN(CC(=O)O)CC2)cc1. The number of hydrogen-bond donors (Lipinski definition) is 5. The molecular weight excluding hydrogens is 606 g/mol. The molecule has 1 fully saturated rings. The summed E-state index contributed by atoms with van der Waals surface area (Å²) in [5, 5.41) is 28.8. The van der Waals surface area contributed by atoms with E-state index in [-0.39, 0.29) is 64.6 Å². The first-order valence-corrected chi connectivity index (χ1v) is 15.2. The third-order valence-electron chi connectivity index (χ3n) is 7.44. The van der Waals surface area contributed by atoms with Crippen molar-refractivity contribution in [1.82, 2.24) is 30.2 Å². The molecular formula is C29H45N7O8S. The number of thiocarbonyl (C=S) groups is 1. The zero-order valence-corrected chi connectivity index (χ0v) is 26.7. The van der Waals surface area contributed by atoms with Crippen LogP contribution in [0.4, 0.5) is 5.69 Å². The van der Waals surface area contributed by atoms with E-state index < -0.39 is 23.9 Å². The summed E-state index contributed by atoms with van der Waals surface area (Å²) >= 11 is 5.09. The lowest BCUT2D eigenvalue weighted by Gasteiger charge is -2.35. The molecule has 1 amide bonds. The van der Waals surface area contributed by atoms with Crippen LogP contribution in [0.3, 0.4) is 0 Å². The van der Waals surface area contributed by atoms with Crippen molar-refractivity contribution in [2.75, 3.05) is 91.5 Å². The number of aldehydes is 1. The van der Waals surface area contributed by atoms with E-state index in [9.17, 15) is 34.2 Å². The maximum absolute atomic E-state index is 12.7. The van der Waals surface area contributed by atoms with Gasteiger partial charge < -0.3 is 35.7 Å². The normalized spacial score (nSPS) is 16.8. The first-order chi connectivity index (χ1) is 21.5. The van der Waals surface area contributed by atoms with Gasteiger partial charge in [0.2, 0.25) is 5.91 Å². The molecule has 0 spiro atoms. The average molecular weight is 652 g/mol. The van der Waals surface area contributed by atoms with Crippen LogP contribution in [0.2, 0.25) is 0 Å². The van der Waals surface area contributed by atoms with Crippen molar-refractivity contribution in [3.63, 3.8) is 0 Å². The number of methoxy groups -OCH3 is 1. The second-order valence-electron chi connectivity index (χ2n) is 10.6. The van der Waals surface area contributed by atoms with Crippen molar-refractivity contribution in [2.24, 2.45) is 0 Å². The fourth-order valence-corrected chi connectivity index (χ4v) is 4.94. The minimum atomic E-state index is -1.09. The summed E-state index contributed by atoms with van der Waals surface area (Å²) in [5.41, 5.74) is 1.66. The van der Waals surface area contributed by atoms with E-state index in [4.69, 9.17) is 17.0 Å². The lowest BCUT2D eigenvalue weighted by molar-refractivity contribution is -0.144. The van der Waals surface area contributed by atoms with Crippen LogP contribution in [0.1, 0.15) is 18.4 Å². The fraction of sp³-hybridized carbons (Fsp3) is 0.586. The number of carboxylic acids is 2. The van der Waals surface area contributed by atoms with E-state index in [1.54, 1.807) is 16.8 Å². The predicted octanol–water partition coefficient (Wildman–Crippen LogP) is -0.869. The van der Waals surface area contributed by atoms with Gasteiger partial charge in [-0.1, -0.05) is 12.1 Å². The number of anilines is 1. The molecule has 1 heterocycles. The van der Waals surface area contributed by atoms with E-state index in [2.05, 4.69) is 16.0 Å². The summed E-state index contributed by atoms with van der Waals surface area (Å²) in [7, 11) is 3.01. The first kappa shape index (κ1) is 37.5. The number of carbonyl (C=O) groups is 5. The Bertz CT molecular complexity index is 1140. The number of rotatable bonds is 14. The summed E-state index contributed by atoms with van der Waals surface area (Å²) in [6.07, 6.45) is 0.795. The molecule has 1 saturated heterocycles. The maximum Gasteiger partial charge on any atom is 0.320 e. The van der Waals surface area contributed by atoms with Gasteiger partial charge in [-0.15, -0.1) is 0 Å². The first-order valence-electron chi connectivity index (χ1n) is 14.7. The lowest BCUT2D eigenvalue weighted by Crippen LogP contribution is -2.51. The molecule has 45 heavy (non-hydrogen) atoms. The largest absolute Gasteiger partial charge is 0.480 e. The summed E-state index contributed by atoms with van der Waals surface area (Å²) in [6, 6.07) is 6.36. The van der Waals surface area contributed by atoms with Gasteiger partial charge >= 0.3 is 17.9 Å². The van der Waals surface area contributed by atoms with E-state index in [0.717, 1.165) is 17.5 Å². The number of carboxylic acid groups (broad SMARTS) is 2. The summed E-state index contributed by atoms with van der Waals surface area (Å²) in [6.45, 7) is 2.86. The predicted molar refractivity (Wildman–Crippen MR) is 171 cm³/mol. The highest BCUT2D eigenvalue weighted by Crippen LogP contribution is 2.12. The Hall–Kier alpha value is -3.70. The van der Waals surface area contributed by atoms with Crippen LogP contribution < -0.4 is 16.0 Å². The van der Waals surface area contributed by atoms with Gasteiger partial charge in [-0.05, 0) is 36.3 Å². The highest BCUT2D eigenvalue weighted by Gasteiger charge is 2.28. The van der Waals surface area contributed by atoms with Crippen molar-refractivity contribution in [1.29, 1.82) is 0 Å². The summed E-state index contributed by atoms with van der Waals surface area (Å²) in [4.78, 5) is 67.2. The van der Waals surface area contributed by atoms with Crippen LogP contribution >= 0.6 is 12.2 Å². The number of ether oxygens (including phenoxy) is 1. The van der Waals surface area contributed by atoms with Crippen molar-refractivity contribution in [3.05, 3.63) is 29.8 Å². The highest BCUT2D eigenvalue weighted by atomic mass is 32.1. The van der Waals surface area contributed by atoms with Crippen LogP contribution in [0.5, 0.6) is 0 Å². The zero-order valence-electron chi connectivity index (χ0n) is 25.9. The van der Waals surface area contributed by atoms with E-state index in [1.807, 2.05) is 34.1 Å². The van der Waals surface area contributed by atoms with Crippen LogP contribution in [-0.4, -0.2) is 157 Å². The van der Waals surface area contributed by atoms with Gasteiger partial charge in [0.25, 0.3) is 0 Å². The van der Waals surface area contributed by atoms with Gasteiger partial charge in [-0.25, -0.2) is 0 Å². The van der Waals surface area contributed by atoms with Crippen LogP contribution in [-0.2, 0) is 35.3 Å². The molecule has 0 aliphatic carbocycles. The monoisotopic (exact) mass is 651 g/mol. The zero-order chi connectivity index (χ0) is 33.2. The number of hydrogen-bond acceptors (Lipinski definition) is 11. The molecule has 0 radical (unpaired) electrons. The van der Waals surface area contributed by atoms with Crippen LogP contribution in [0.25, 0.3) is 0 Å². The molecule has 1 aliphatic rings. The van der Waals surface area contributed by atoms with Crippen LogP contribution in [0, 0.1) is 0 Å². The van der Waals surface area contributed by atoms with Gasteiger partial charge in [0, 0.05) is 78.1 Å². The molecule has 0 saturated carbocycles. The van der Waals surface area contributed by atoms with Gasteiger partial charge in [0.15, 0.2) is 5.11 Å². The Kier molecular flexibility index (Phi) is 17.0. The van der Waals surface area contributed by atoms with Crippen molar-refractivity contribution >= 4 is 53.1 Å². The second kappa shape index (κ2) is 20.4. The summed E-state index contributed by atoms with van der Waals surface area (Å²) < 4.78 is 4.79. The minimum Gasteiger partial charge on any atom is -0.480 e. The Morgan fingerprint density at radius 1 is 0.933 bits per heavy atom. The third-order valence-corrected chi connectivity index (χ3v) is 7.75. The number of benzene rings is 1. The van der Waals surface area contributed by atoms with E-state index in [1.165, 1.54) is 7.11 Å². The minimum absolute atomic E-state index is 0.0232. The molecule has 0 aromatic heterocycles. The van der Waals surface area contributed by atoms with Crippen molar-refractivity contribution < 1.29 is 38.9 Å². The number of amides is 1. The molecule has 1 aromatic carbocycles. The molecule has 16 heteroatoms. The molecule has 0 bridgehead atoms. The third kappa shape index (κ3) is 14.8. The molecule has 1 aromatic rings. The molecule has 2 rings (SSSR count). The van der Waals surface area contributed by atoms with Gasteiger partial charge in [0.1, 0.15) is 12.3 Å². The number of aliphatic carboxylic acids is 2. The fourth-order valence-electron chi connectivity index (χ4n) is 4.83. The molecule has 1 unspecified atom stereocenters. The van der Waals surface area contributed by atoms with Gasteiger partial charge in [-0.2, -0.15) is 0 Å². The molecule has 5 N–H and O–H groups in total. The molecule has 15 nitrogen and oxygen atoms in total. The standard InChI is InChI=1S/C29H45N7O8S/c1-30-29(45)32-23-5-3-22(4-6-23)19-31-25(38)8-7-24(28(42)43)36-15-13-33(17-18-37)9-10-35(21-27(41)44-2)12-11-34(14-16-36)20-26(39)40/h3-6,18,24H,7-17,19-21H2,1-2H3,(H,31,38)(H,39,40)(H,42,43)(H2,30,32,45). The van der Waals surface area contributed by atoms with Crippen molar-refractivity contribution in [3.8, 4) is 0 Å². The van der Waals surface area contributed by atoms with Gasteiger partial charge in [-0.3, -0.25) is 38.8 Å². The van der Waals surface area contributed by atoms with Crippen LogP contribution in [0.15, 0.2) is 24.3 Å². The molecule has 1 atom stereocenters. The Morgan fingerprint density at radius 2 is 1.51 bits per heavy atom. The Balaban J connectivity index is 2.07.